The summed E-state index contributed by atoms with van der Waals surface area (Å²) in [6.45, 7) is 4.44. The number of nitrogens with zero attached hydrogens (tertiary/aromatic N) is 2. The van der Waals surface area contributed by atoms with Crippen LogP contribution in [0, 0.1) is 0 Å². The molecule has 0 spiro atoms. The summed E-state index contributed by atoms with van der Waals surface area (Å²) in [5.41, 5.74) is 10.0. The highest BCUT2D eigenvalue weighted by Crippen LogP contribution is 2.47. The third-order valence-electron chi connectivity index (χ3n) is 4.70. The Kier molecular flexibility index (Phi) is 3.09. The van der Waals surface area contributed by atoms with Crippen LogP contribution in [0.25, 0.3) is 0 Å². The number of rotatable bonds is 2. The van der Waals surface area contributed by atoms with Gasteiger partial charge in [0.25, 0.3) is 0 Å². The summed E-state index contributed by atoms with van der Waals surface area (Å²) in [6.07, 6.45) is 7.91. The molecule has 1 saturated heterocycles. The number of thiophene rings is 1. The first-order chi connectivity index (χ1) is 9.83. The van der Waals surface area contributed by atoms with Crippen molar-refractivity contribution in [2.45, 2.75) is 64.7 Å². The van der Waals surface area contributed by atoms with E-state index in [9.17, 15) is 0 Å². The molecule has 20 heavy (non-hydrogen) atoms. The summed E-state index contributed by atoms with van der Waals surface area (Å²) in [5, 5.41) is 1.26. The van der Waals surface area contributed by atoms with Crippen LogP contribution in [0.1, 0.15) is 61.7 Å². The highest BCUT2D eigenvalue weighted by Gasteiger charge is 2.41. The fourth-order valence-electron chi connectivity index (χ4n) is 3.71. The average Bonchev–Trinajstić information content (AvgIpc) is 3.06. The summed E-state index contributed by atoms with van der Waals surface area (Å²) in [4.78, 5) is 9.04. The largest absolute Gasteiger partial charge is 0.322 e. The number of hydrogen-bond donors (Lipinski definition) is 2. The lowest BCUT2D eigenvalue weighted by atomic mass is 9.93. The number of aryl methyl sites for hydroxylation is 1. The van der Waals surface area contributed by atoms with Crippen molar-refractivity contribution in [2.24, 2.45) is 4.99 Å². The standard InChI is InChI=1S/C15H22N4S/c1-3-11-16-15-13(9-7-5-6-8-10(9)20-15)14-18-17-12(4-2)19(11)14/h12,14,17-18H,3-8H2,1-2H3/t12-,14+/m1/s1. The Labute approximate surface area is 124 Å². The van der Waals surface area contributed by atoms with Crippen LogP contribution < -0.4 is 10.9 Å². The SMILES string of the molecule is CCC1=Nc2sc3c(c2[C@H]2NN[C@@H](CC)N12)CCCC3. The maximum Gasteiger partial charge on any atom is 0.125 e. The van der Waals surface area contributed by atoms with Gasteiger partial charge in [0.1, 0.15) is 17.0 Å². The predicted molar refractivity (Wildman–Crippen MR) is 83.3 cm³/mol. The van der Waals surface area contributed by atoms with E-state index in [1.807, 2.05) is 11.3 Å². The smallest absolute Gasteiger partial charge is 0.125 e. The van der Waals surface area contributed by atoms with Crippen LogP contribution in [0.5, 0.6) is 0 Å². The van der Waals surface area contributed by atoms with Gasteiger partial charge in [-0.15, -0.1) is 11.3 Å². The molecule has 4 rings (SSSR count). The number of nitrogens with one attached hydrogen (secondary N) is 2. The number of hydrazine groups is 1. The fourth-order valence-corrected chi connectivity index (χ4v) is 5.02. The van der Waals surface area contributed by atoms with E-state index in [0.29, 0.717) is 12.3 Å². The minimum absolute atomic E-state index is 0.292. The molecule has 0 radical (unpaired) electrons. The molecule has 1 aliphatic carbocycles. The van der Waals surface area contributed by atoms with Crippen molar-refractivity contribution in [1.29, 1.82) is 0 Å². The van der Waals surface area contributed by atoms with Gasteiger partial charge in [0, 0.05) is 16.9 Å². The summed E-state index contributed by atoms with van der Waals surface area (Å²) in [5.74, 6) is 1.23. The zero-order valence-electron chi connectivity index (χ0n) is 12.2. The molecule has 0 aromatic carbocycles. The highest BCUT2D eigenvalue weighted by molar-refractivity contribution is 7.16. The predicted octanol–water partition coefficient (Wildman–Crippen LogP) is 3.23. The van der Waals surface area contributed by atoms with Crippen molar-refractivity contribution < 1.29 is 0 Å². The van der Waals surface area contributed by atoms with Gasteiger partial charge in [-0.2, -0.15) is 0 Å². The molecule has 3 aliphatic rings. The Morgan fingerprint density at radius 1 is 1.25 bits per heavy atom. The highest BCUT2D eigenvalue weighted by atomic mass is 32.1. The number of hydrogen-bond acceptors (Lipinski definition) is 5. The van der Waals surface area contributed by atoms with E-state index in [0.717, 1.165) is 12.8 Å². The van der Waals surface area contributed by atoms with Gasteiger partial charge >= 0.3 is 0 Å². The van der Waals surface area contributed by atoms with Crippen LogP contribution in [0.15, 0.2) is 4.99 Å². The molecule has 1 aromatic heterocycles. The molecule has 1 fully saturated rings. The Balaban J connectivity index is 1.84. The first-order valence-electron chi connectivity index (χ1n) is 7.84. The second-order valence-electron chi connectivity index (χ2n) is 5.83. The van der Waals surface area contributed by atoms with Crippen molar-refractivity contribution in [3.63, 3.8) is 0 Å². The van der Waals surface area contributed by atoms with Crippen molar-refractivity contribution in [1.82, 2.24) is 15.8 Å². The first kappa shape index (κ1) is 12.8. The fraction of sp³-hybridized carbons (Fsp3) is 0.667. The van der Waals surface area contributed by atoms with Crippen molar-refractivity contribution >= 4 is 22.2 Å². The minimum atomic E-state index is 0.292. The van der Waals surface area contributed by atoms with Crippen molar-refractivity contribution in [2.75, 3.05) is 0 Å². The minimum Gasteiger partial charge on any atom is -0.322 e. The third-order valence-corrected chi connectivity index (χ3v) is 5.90. The normalized spacial score (nSPS) is 27.9. The average molecular weight is 290 g/mol. The molecule has 2 atom stereocenters. The van der Waals surface area contributed by atoms with Crippen LogP contribution in [-0.2, 0) is 12.8 Å². The van der Waals surface area contributed by atoms with Gasteiger partial charge in [0.2, 0.25) is 0 Å². The molecule has 2 N–H and O–H groups in total. The van der Waals surface area contributed by atoms with Gasteiger partial charge in [-0.1, -0.05) is 13.8 Å². The van der Waals surface area contributed by atoms with E-state index in [1.54, 1.807) is 10.4 Å². The monoisotopic (exact) mass is 290 g/mol. The van der Waals surface area contributed by atoms with Gasteiger partial charge in [0.15, 0.2) is 0 Å². The van der Waals surface area contributed by atoms with Crippen LogP contribution in [0.2, 0.25) is 0 Å². The second-order valence-corrected chi connectivity index (χ2v) is 6.92. The van der Waals surface area contributed by atoms with E-state index in [4.69, 9.17) is 4.99 Å². The Hall–Kier alpha value is -0.910. The molecule has 0 amide bonds. The molecular weight excluding hydrogens is 268 g/mol. The molecule has 108 valence electrons. The summed E-state index contributed by atoms with van der Waals surface area (Å²) in [7, 11) is 0. The van der Waals surface area contributed by atoms with Gasteiger partial charge in [0.05, 0.1) is 6.17 Å². The van der Waals surface area contributed by atoms with Crippen LogP contribution in [0.4, 0.5) is 5.00 Å². The van der Waals surface area contributed by atoms with E-state index in [1.165, 1.54) is 42.1 Å². The van der Waals surface area contributed by atoms with Gasteiger partial charge in [-0.3, -0.25) is 0 Å². The van der Waals surface area contributed by atoms with Crippen LogP contribution in [0.3, 0.4) is 0 Å². The van der Waals surface area contributed by atoms with E-state index < -0.39 is 0 Å². The Morgan fingerprint density at radius 2 is 2.10 bits per heavy atom. The summed E-state index contributed by atoms with van der Waals surface area (Å²) >= 11 is 1.93. The summed E-state index contributed by atoms with van der Waals surface area (Å²) < 4.78 is 0. The van der Waals surface area contributed by atoms with Crippen molar-refractivity contribution in [3.8, 4) is 0 Å². The molecule has 4 nitrogen and oxygen atoms in total. The van der Waals surface area contributed by atoms with Gasteiger partial charge < -0.3 is 4.90 Å². The van der Waals surface area contributed by atoms with Crippen molar-refractivity contribution in [3.05, 3.63) is 16.0 Å². The quantitative estimate of drug-likeness (QED) is 0.878. The Bertz CT molecular complexity index is 562. The van der Waals surface area contributed by atoms with Gasteiger partial charge in [-0.25, -0.2) is 15.8 Å². The second kappa shape index (κ2) is 4.83. The van der Waals surface area contributed by atoms with E-state index >= 15 is 0 Å². The summed E-state index contributed by atoms with van der Waals surface area (Å²) in [6, 6.07) is 0. The maximum atomic E-state index is 4.99. The lowest BCUT2D eigenvalue weighted by Gasteiger charge is -2.34. The number of amidine groups is 1. The molecule has 0 saturated carbocycles. The maximum absolute atomic E-state index is 4.99. The zero-order chi connectivity index (χ0) is 13.7. The Morgan fingerprint density at radius 3 is 2.90 bits per heavy atom. The number of fused-ring (bicyclic) bond motifs is 5. The first-order valence-corrected chi connectivity index (χ1v) is 8.66. The van der Waals surface area contributed by atoms with E-state index in [2.05, 4.69) is 29.6 Å². The van der Waals surface area contributed by atoms with Crippen LogP contribution >= 0.6 is 11.3 Å². The number of aliphatic imine (C=N–C) groups is 1. The molecule has 5 heteroatoms. The molecule has 2 aliphatic heterocycles. The van der Waals surface area contributed by atoms with Crippen LogP contribution in [-0.4, -0.2) is 16.9 Å². The topological polar surface area (TPSA) is 39.7 Å². The molecule has 0 unspecified atom stereocenters. The molecular formula is C15H22N4S. The molecule has 3 heterocycles. The van der Waals surface area contributed by atoms with E-state index in [-0.39, 0.29) is 0 Å². The zero-order valence-corrected chi connectivity index (χ0v) is 13.0. The lowest BCUT2D eigenvalue weighted by molar-refractivity contribution is 0.288. The third kappa shape index (κ3) is 1.70. The molecule has 1 aromatic rings. The van der Waals surface area contributed by atoms with Gasteiger partial charge in [-0.05, 0) is 37.7 Å². The molecule has 0 bridgehead atoms. The lowest BCUT2D eigenvalue weighted by Crippen LogP contribution is -2.41.